The van der Waals surface area contributed by atoms with Crippen molar-refractivity contribution in [1.29, 1.82) is 0 Å². The van der Waals surface area contributed by atoms with E-state index in [4.69, 9.17) is 15.2 Å². The Bertz CT molecular complexity index is 810. The van der Waals surface area contributed by atoms with E-state index in [0.29, 0.717) is 54.9 Å². The zero-order valence-electron chi connectivity index (χ0n) is 15.1. The van der Waals surface area contributed by atoms with Crippen molar-refractivity contribution in [3.63, 3.8) is 0 Å². The third kappa shape index (κ3) is 4.88. The predicted octanol–water partition coefficient (Wildman–Crippen LogP) is 1.49. The van der Waals surface area contributed by atoms with Crippen molar-refractivity contribution in [2.45, 2.75) is 6.42 Å². The number of anilines is 1. The molecule has 0 saturated carbocycles. The maximum Gasteiger partial charge on any atom is 0.273 e. The summed E-state index contributed by atoms with van der Waals surface area (Å²) in [6.45, 7) is 2.04. The highest BCUT2D eigenvalue weighted by Crippen LogP contribution is 2.19. The quantitative estimate of drug-likeness (QED) is 0.831. The van der Waals surface area contributed by atoms with E-state index in [1.54, 1.807) is 40.5 Å². The Labute approximate surface area is 161 Å². The number of thiazole rings is 1. The number of ether oxygens (including phenoxy) is 2. The molecule has 1 aromatic heterocycles. The summed E-state index contributed by atoms with van der Waals surface area (Å²) >= 11 is 1.24. The van der Waals surface area contributed by atoms with Crippen LogP contribution >= 0.6 is 11.3 Å². The first-order valence-electron chi connectivity index (χ1n) is 8.61. The molecule has 1 fully saturated rings. The largest absolute Gasteiger partial charge is 0.497 e. The number of amides is 2. The van der Waals surface area contributed by atoms with Crippen LogP contribution in [0.3, 0.4) is 0 Å². The van der Waals surface area contributed by atoms with Crippen LogP contribution in [0.4, 0.5) is 5.13 Å². The summed E-state index contributed by atoms with van der Waals surface area (Å²) in [6.07, 6.45) is 0.705. The second-order valence-electron chi connectivity index (χ2n) is 6.07. The van der Waals surface area contributed by atoms with Gasteiger partial charge in [-0.2, -0.15) is 0 Å². The SMILES string of the molecule is COc1cccc(OCC(=O)N2CCCN(C(=O)c3csc(N)n3)CC2)c1. The summed E-state index contributed by atoms with van der Waals surface area (Å²) in [6, 6.07) is 7.12. The molecule has 0 atom stereocenters. The lowest BCUT2D eigenvalue weighted by Gasteiger charge is -2.22. The van der Waals surface area contributed by atoms with Gasteiger partial charge in [-0.05, 0) is 18.6 Å². The molecule has 0 unspecified atom stereocenters. The first-order chi connectivity index (χ1) is 13.1. The van der Waals surface area contributed by atoms with Crippen molar-refractivity contribution >= 4 is 28.3 Å². The van der Waals surface area contributed by atoms with Gasteiger partial charge in [0.2, 0.25) is 0 Å². The molecule has 0 bridgehead atoms. The van der Waals surface area contributed by atoms with Gasteiger partial charge in [0.15, 0.2) is 11.7 Å². The molecule has 0 radical (unpaired) electrons. The van der Waals surface area contributed by atoms with E-state index in [1.807, 2.05) is 6.07 Å². The normalized spacial score (nSPS) is 14.6. The van der Waals surface area contributed by atoms with Gasteiger partial charge in [0.05, 0.1) is 7.11 Å². The number of nitrogens with zero attached hydrogens (tertiary/aromatic N) is 3. The molecule has 1 aliphatic heterocycles. The lowest BCUT2D eigenvalue weighted by atomic mass is 10.3. The van der Waals surface area contributed by atoms with Gasteiger partial charge in [0.25, 0.3) is 11.8 Å². The van der Waals surface area contributed by atoms with Gasteiger partial charge < -0.3 is 25.0 Å². The molecule has 2 aromatic rings. The second-order valence-corrected chi connectivity index (χ2v) is 6.95. The summed E-state index contributed by atoms with van der Waals surface area (Å²) in [5.41, 5.74) is 5.96. The third-order valence-electron chi connectivity index (χ3n) is 4.28. The van der Waals surface area contributed by atoms with Gasteiger partial charge in [-0.15, -0.1) is 11.3 Å². The Balaban J connectivity index is 1.52. The number of hydrogen-bond acceptors (Lipinski definition) is 7. The number of methoxy groups -OCH3 is 1. The fourth-order valence-electron chi connectivity index (χ4n) is 2.85. The highest BCUT2D eigenvalue weighted by atomic mass is 32.1. The Morgan fingerprint density at radius 2 is 1.93 bits per heavy atom. The third-order valence-corrected chi connectivity index (χ3v) is 4.95. The van der Waals surface area contributed by atoms with Crippen molar-refractivity contribution in [2.24, 2.45) is 0 Å². The van der Waals surface area contributed by atoms with E-state index < -0.39 is 0 Å². The number of nitrogens with two attached hydrogens (primary N) is 1. The standard InChI is InChI=1S/C18H22N4O4S/c1-25-13-4-2-5-14(10-13)26-11-16(23)21-6-3-7-22(9-8-21)17(24)15-12-27-18(19)20-15/h2,4-5,10,12H,3,6-9,11H2,1H3,(H2,19,20). The number of rotatable bonds is 5. The highest BCUT2D eigenvalue weighted by molar-refractivity contribution is 7.13. The lowest BCUT2D eigenvalue weighted by Crippen LogP contribution is -2.39. The number of carbonyl (C=O) groups is 2. The van der Waals surface area contributed by atoms with E-state index in [2.05, 4.69) is 4.98 Å². The Morgan fingerprint density at radius 1 is 1.19 bits per heavy atom. The number of benzene rings is 1. The van der Waals surface area contributed by atoms with Gasteiger partial charge in [0, 0.05) is 37.6 Å². The van der Waals surface area contributed by atoms with Crippen LogP contribution in [0.5, 0.6) is 11.5 Å². The minimum absolute atomic E-state index is 0.0519. The maximum absolute atomic E-state index is 12.5. The van der Waals surface area contributed by atoms with Crippen molar-refractivity contribution in [1.82, 2.24) is 14.8 Å². The lowest BCUT2D eigenvalue weighted by molar-refractivity contribution is -0.133. The minimum Gasteiger partial charge on any atom is -0.497 e. The van der Waals surface area contributed by atoms with Crippen LogP contribution in [0.15, 0.2) is 29.6 Å². The molecule has 3 rings (SSSR count). The van der Waals surface area contributed by atoms with Gasteiger partial charge in [-0.1, -0.05) is 6.07 Å². The van der Waals surface area contributed by atoms with Crippen LogP contribution < -0.4 is 15.2 Å². The minimum atomic E-state index is -0.148. The van der Waals surface area contributed by atoms with Crippen molar-refractivity contribution in [2.75, 3.05) is 45.6 Å². The molecule has 1 aliphatic rings. The van der Waals surface area contributed by atoms with E-state index >= 15 is 0 Å². The Kier molecular flexibility index (Phi) is 6.12. The maximum atomic E-state index is 12.5. The summed E-state index contributed by atoms with van der Waals surface area (Å²) in [7, 11) is 1.58. The number of nitrogen functional groups attached to an aromatic ring is 1. The van der Waals surface area contributed by atoms with Crippen LogP contribution in [0.25, 0.3) is 0 Å². The van der Waals surface area contributed by atoms with E-state index in [-0.39, 0.29) is 18.4 Å². The first kappa shape index (κ1) is 19.0. The van der Waals surface area contributed by atoms with Crippen molar-refractivity contribution in [3.05, 3.63) is 35.3 Å². The molecule has 144 valence electrons. The molecule has 27 heavy (non-hydrogen) atoms. The van der Waals surface area contributed by atoms with Crippen LogP contribution in [0, 0.1) is 0 Å². The molecule has 1 saturated heterocycles. The summed E-state index contributed by atoms with van der Waals surface area (Å²) in [5.74, 6) is 0.997. The molecule has 2 amide bonds. The molecule has 2 N–H and O–H groups in total. The van der Waals surface area contributed by atoms with Crippen LogP contribution in [0.2, 0.25) is 0 Å². The van der Waals surface area contributed by atoms with E-state index in [9.17, 15) is 9.59 Å². The molecule has 0 aliphatic carbocycles. The number of aromatic nitrogens is 1. The fraction of sp³-hybridized carbons (Fsp3) is 0.389. The van der Waals surface area contributed by atoms with Crippen molar-refractivity contribution < 1.29 is 19.1 Å². The van der Waals surface area contributed by atoms with Crippen molar-refractivity contribution in [3.8, 4) is 11.5 Å². The second kappa shape index (κ2) is 8.72. The molecule has 9 heteroatoms. The smallest absolute Gasteiger partial charge is 0.273 e. The highest BCUT2D eigenvalue weighted by Gasteiger charge is 2.24. The topological polar surface area (TPSA) is 98.0 Å². The molecule has 0 spiro atoms. The molecule has 1 aromatic carbocycles. The molecular formula is C18H22N4O4S. The Hall–Kier alpha value is -2.81. The van der Waals surface area contributed by atoms with Crippen LogP contribution in [-0.4, -0.2) is 66.5 Å². The van der Waals surface area contributed by atoms with Crippen LogP contribution in [0.1, 0.15) is 16.9 Å². The molecular weight excluding hydrogens is 368 g/mol. The number of carbonyl (C=O) groups excluding carboxylic acids is 2. The zero-order valence-corrected chi connectivity index (χ0v) is 15.9. The zero-order chi connectivity index (χ0) is 19.2. The van der Waals surface area contributed by atoms with E-state index in [1.165, 1.54) is 11.3 Å². The van der Waals surface area contributed by atoms with Gasteiger partial charge in [-0.3, -0.25) is 9.59 Å². The summed E-state index contributed by atoms with van der Waals surface area (Å²) < 4.78 is 10.7. The average molecular weight is 390 g/mol. The van der Waals surface area contributed by atoms with E-state index in [0.717, 1.165) is 0 Å². The van der Waals surface area contributed by atoms with Gasteiger partial charge >= 0.3 is 0 Å². The average Bonchev–Trinajstić information content (AvgIpc) is 2.97. The Morgan fingerprint density at radius 3 is 2.67 bits per heavy atom. The van der Waals surface area contributed by atoms with Gasteiger partial charge in [-0.25, -0.2) is 4.98 Å². The summed E-state index contributed by atoms with van der Waals surface area (Å²) in [5, 5.41) is 2.03. The first-order valence-corrected chi connectivity index (χ1v) is 9.49. The fourth-order valence-corrected chi connectivity index (χ4v) is 3.38. The van der Waals surface area contributed by atoms with Gasteiger partial charge in [0.1, 0.15) is 17.2 Å². The monoisotopic (exact) mass is 390 g/mol. The number of hydrogen-bond donors (Lipinski definition) is 1. The molecule has 2 heterocycles. The predicted molar refractivity (Wildman–Crippen MR) is 102 cm³/mol. The molecule has 8 nitrogen and oxygen atoms in total. The van der Waals surface area contributed by atoms with Crippen LogP contribution in [-0.2, 0) is 4.79 Å². The summed E-state index contributed by atoms with van der Waals surface area (Å²) in [4.78, 5) is 32.4.